The van der Waals surface area contributed by atoms with E-state index in [1.165, 1.54) is 0 Å². The Morgan fingerprint density at radius 1 is 0.857 bits per heavy atom. The summed E-state index contributed by atoms with van der Waals surface area (Å²) in [6.07, 6.45) is -0.782. The van der Waals surface area contributed by atoms with Crippen molar-refractivity contribution in [1.29, 1.82) is 0 Å². The fourth-order valence-corrected chi connectivity index (χ4v) is 3.32. The number of aliphatic hydroxyl groups excluding tert-OH is 1. The van der Waals surface area contributed by atoms with Crippen molar-refractivity contribution < 1.29 is 14.6 Å². The van der Waals surface area contributed by atoms with Gasteiger partial charge in [0, 0.05) is 6.54 Å². The van der Waals surface area contributed by atoms with Crippen LogP contribution in [0.2, 0.25) is 0 Å². The quantitative estimate of drug-likeness (QED) is 0.533. The first kappa shape index (κ1) is 18.0. The summed E-state index contributed by atoms with van der Waals surface area (Å²) in [5.74, 6) is 0.371. The average molecular weight is 371 g/mol. The van der Waals surface area contributed by atoms with Crippen LogP contribution in [-0.2, 0) is 4.79 Å². The van der Waals surface area contributed by atoms with E-state index >= 15 is 0 Å². The Balaban J connectivity index is 1.34. The summed E-state index contributed by atoms with van der Waals surface area (Å²) >= 11 is 0. The first-order chi connectivity index (χ1) is 13.7. The Hall–Kier alpha value is -3.37. The maximum atomic E-state index is 12.1. The van der Waals surface area contributed by atoms with Crippen molar-refractivity contribution in [1.82, 2.24) is 5.32 Å². The molecule has 140 valence electrons. The zero-order valence-corrected chi connectivity index (χ0v) is 15.3. The van der Waals surface area contributed by atoms with Crippen molar-refractivity contribution in [3.05, 3.63) is 90.5 Å². The molecule has 1 amide bonds. The summed E-state index contributed by atoms with van der Waals surface area (Å²) < 4.78 is 5.59. The van der Waals surface area contributed by atoms with E-state index in [2.05, 4.69) is 5.32 Å². The highest BCUT2D eigenvalue weighted by Crippen LogP contribution is 2.24. The monoisotopic (exact) mass is 371 g/mol. The van der Waals surface area contributed by atoms with Gasteiger partial charge in [-0.2, -0.15) is 0 Å². The number of hydrogen-bond donors (Lipinski definition) is 2. The number of rotatable bonds is 6. The summed E-state index contributed by atoms with van der Waals surface area (Å²) in [5, 5.41) is 17.5. The number of amides is 1. The largest absolute Gasteiger partial charge is 0.484 e. The molecule has 0 spiro atoms. The van der Waals surface area contributed by atoms with E-state index in [0.717, 1.165) is 27.1 Å². The fraction of sp³-hybridized carbons (Fsp3) is 0.125. The highest BCUT2D eigenvalue weighted by molar-refractivity contribution is 5.86. The first-order valence-corrected chi connectivity index (χ1v) is 9.25. The topological polar surface area (TPSA) is 58.6 Å². The molecule has 0 saturated heterocycles. The SMILES string of the molecule is O=C(COc1ccc2ccccc2c1)NCC(O)c1cccc2ccccc12. The van der Waals surface area contributed by atoms with E-state index in [1.807, 2.05) is 84.9 Å². The molecule has 4 heteroatoms. The van der Waals surface area contributed by atoms with Crippen LogP contribution in [0.4, 0.5) is 0 Å². The van der Waals surface area contributed by atoms with E-state index in [0.29, 0.717) is 5.75 Å². The van der Waals surface area contributed by atoms with Gasteiger partial charge in [-0.05, 0) is 39.2 Å². The van der Waals surface area contributed by atoms with Crippen LogP contribution in [0.1, 0.15) is 11.7 Å². The average Bonchev–Trinajstić information content (AvgIpc) is 2.75. The fourth-order valence-electron chi connectivity index (χ4n) is 3.32. The third kappa shape index (κ3) is 3.97. The van der Waals surface area contributed by atoms with Crippen molar-refractivity contribution in [2.75, 3.05) is 13.2 Å². The third-order valence-electron chi connectivity index (χ3n) is 4.77. The van der Waals surface area contributed by atoms with Gasteiger partial charge in [0.25, 0.3) is 5.91 Å². The molecule has 0 aliphatic heterocycles. The van der Waals surface area contributed by atoms with Gasteiger partial charge in [-0.25, -0.2) is 0 Å². The second kappa shape index (κ2) is 8.11. The molecular weight excluding hydrogens is 350 g/mol. The van der Waals surface area contributed by atoms with Gasteiger partial charge < -0.3 is 15.2 Å². The zero-order valence-electron chi connectivity index (χ0n) is 15.3. The van der Waals surface area contributed by atoms with Crippen LogP contribution >= 0.6 is 0 Å². The van der Waals surface area contributed by atoms with Gasteiger partial charge in [0.15, 0.2) is 6.61 Å². The smallest absolute Gasteiger partial charge is 0.258 e. The standard InChI is InChI=1S/C24H21NO3/c26-23(22-11-5-9-18-7-3-4-10-21(18)22)15-25-24(27)16-28-20-13-12-17-6-1-2-8-19(17)14-20/h1-14,23,26H,15-16H2,(H,25,27). The highest BCUT2D eigenvalue weighted by Gasteiger charge is 2.12. The van der Waals surface area contributed by atoms with Crippen molar-refractivity contribution >= 4 is 27.5 Å². The normalized spacial score (nSPS) is 12.0. The Morgan fingerprint density at radius 2 is 1.57 bits per heavy atom. The molecule has 2 N–H and O–H groups in total. The lowest BCUT2D eigenvalue weighted by atomic mass is 10.0. The van der Waals surface area contributed by atoms with Gasteiger partial charge in [0.05, 0.1) is 6.10 Å². The number of aliphatic hydroxyl groups is 1. The van der Waals surface area contributed by atoms with Gasteiger partial charge in [-0.15, -0.1) is 0 Å². The summed E-state index contributed by atoms with van der Waals surface area (Å²) in [5.41, 5.74) is 0.800. The Bertz CT molecular complexity index is 1120. The van der Waals surface area contributed by atoms with Crippen LogP contribution in [0.25, 0.3) is 21.5 Å². The van der Waals surface area contributed by atoms with Crippen LogP contribution in [0, 0.1) is 0 Å². The van der Waals surface area contributed by atoms with E-state index in [9.17, 15) is 9.90 Å². The van der Waals surface area contributed by atoms with Gasteiger partial charge in [-0.1, -0.05) is 72.8 Å². The molecule has 0 saturated carbocycles. The summed E-state index contributed by atoms with van der Waals surface area (Å²) in [6.45, 7) is 0.0362. The lowest BCUT2D eigenvalue weighted by molar-refractivity contribution is -0.123. The van der Waals surface area contributed by atoms with Gasteiger partial charge >= 0.3 is 0 Å². The maximum absolute atomic E-state index is 12.1. The molecule has 0 fully saturated rings. The number of hydrogen-bond acceptors (Lipinski definition) is 3. The Kier molecular flexibility index (Phi) is 5.22. The number of carbonyl (C=O) groups excluding carboxylic acids is 1. The van der Waals surface area contributed by atoms with Crippen molar-refractivity contribution in [2.45, 2.75) is 6.10 Å². The summed E-state index contributed by atoms with van der Waals surface area (Å²) in [7, 11) is 0. The predicted octanol–water partition coefficient (Wildman–Crippen LogP) is 4.22. The molecule has 0 aliphatic carbocycles. The minimum absolute atomic E-state index is 0.0966. The number of nitrogens with one attached hydrogen (secondary N) is 1. The van der Waals surface area contributed by atoms with Crippen LogP contribution < -0.4 is 10.1 Å². The van der Waals surface area contributed by atoms with Gasteiger partial charge in [0.2, 0.25) is 0 Å². The van der Waals surface area contributed by atoms with Crippen LogP contribution in [0.3, 0.4) is 0 Å². The Morgan fingerprint density at radius 3 is 2.43 bits per heavy atom. The molecular formula is C24H21NO3. The second-order valence-electron chi connectivity index (χ2n) is 6.69. The first-order valence-electron chi connectivity index (χ1n) is 9.25. The molecule has 4 nitrogen and oxygen atoms in total. The van der Waals surface area contributed by atoms with E-state index < -0.39 is 6.10 Å². The minimum atomic E-state index is -0.782. The lowest BCUT2D eigenvalue weighted by Gasteiger charge is -2.15. The minimum Gasteiger partial charge on any atom is -0.484 e. The second-order valence-corrected chi connectivity index (χ2v) is 6.69. The number of fused-ring (bicyclic) bond motifs is 2. The summed E-state index contributed by atoms with van der Waals surface area (Å²) in [4.78, 5) is 12.1. The molecule has 1 atom stereocenters. The van der Waals surface area contributed by atoms with Crippen molar-refractivity contribution in [2.24, 2.45) is 0 Å². The van der Waals surface area contributed by atoms with Gasteiger partial charge in [0.1, 0.15) is 5.75 Å². The van der Waals surface area contributed by atoms with Crippen LogP contribution in [-0.4, -0.2) is 24.2 Å². The molecule has 0 aromatic heterocycles. The molecule has 0 heterocycles. The molecule has 0 bridgehead atoms. The molecule has 1 unspecified atom stereocenters. The summed E-state index contributed by atoms with van der Waals surface area (Å²) in [6, 6.07) is 27.4. The predicted molar refractivity (Wildman–Crippen MR) is 111 cm³/mol. The van der Waals surface area contributed by atoms with Crippen molar-refractivity contribution in [3.8, 4) is 5.75 Å². The molecule has 28 heavy (non-hydrogen) atoms. The third-order valence-corrected chi connectivity index (χ3v) is 4.77. The lowest BCUT2D eigenvalue weighted by Crippen LogP contribution is -2.32. The number of carbonyl (C=O) groups is 1. The molecule has 4 aromatic rings. The molecule has 0 radical (unpaired) electrons. The zero-order chi connectivity index (χ0) is 19.3. The number of ether oxygens (including phenoxy) is 1. The molecule has 4 rings (SSSR count). The maximum Gasteiger partial charge on any atom is 0.258 e. The molecule has 0 aliphatic rings. The van der Waals surface area contributed by atoms with Crippen LogP contribution in [0.5, 0.6) is 5.75 Å². The molecule has 4 aromatic carbocycles. The number of benzene rings is 4. The van der Waals surface area contributed by atoms with Crippen LogP contribution in [0.15, 0.2) is 84.9 Å². The van der Waals surface area contributed by atoms with E-state index in [-0.39, 0.29) is 19.1 Å². The Labute approximate surface area is 163 Å². The van der Waals surface area contributed by atoms with Crippen molar-refractivity contribution in [3.63, 3.8) is 0 Å². The van der Waals surface area contributed by atoms with E-state index in [4.69, 9.17) is 4.74 Å². The highest BCUT2D eigenvalue weighted by atomic mass is 16.5. The van der Waals surface area contributed by atoms with Gasteiger partial charge in [-0.3, -0.25) is 4.79 Å². The van der Waals surface area contributed by atoms with E-state index in [1.54, 1.807) is 0 Å².